The molecular formula is C10H22N2. The molecule has 2 nitrogen and oxygen atoms in total. The Morgan fingerprint density at radius 1 is 1.17 bits per heavy atom. The Morgan fingerprint density at radius 2 is 1.67 bits per heavy atom. The van der Waals surface area contributed by atoms with Crippen molar-refractivity contribution in [1.29, 1.82) is 0 Å². The van der Waals surface area contributed by atoms with Gasteiger partial charge in [-0.25, -0.2) is 0 Å². The van der Waals surface area contributed by atoms with Crippen LogP contribution in [0.4, 0.5) is 0 Å². The number of rotatable bonds is 2. The lowest BCUT2D eigenvalue weighted by molar-refractivity contribution is 0.183. The van der Waals surface area contributed by atoms with Crippen LogP contribution in [-0.2, 0) is 0 Å². The second-order valence-electron chi connectivity index (χ2n) is 4.39. The number of nitrogens with zero attached hydrogens (tertiary/aromatic N) is 1. The number of hydrogen-bond donors (Lipinski definition) is 1. The van der Waals surface area contributed by atoms with Gasteiger partial charge in [-0.05, 0) is 52.6 Å². The van der Waals surface area contributed by atoms with Crippen molar-refractivity contribution in [2.24, 2.45) is 11.7 Å². The first-order chi connectivity index (χ1) is 5.61. The van der Waals surface area contributed by atoms with E-state index in [1.165, 1.54) is 25.7 Å². The van der Waals surface area contributed by atoms with Gasteiger partial charge in [0.25, 0.3) is 0 Å². The van der Waals surface area contributed by atoms with E-state index in [1.807, 2.05) is 0 Å². The van der Waals surface area contributed by atoms with Gasteiger partial charge in [-0.1, -0.05) is 0 Å². The minimum atomic E-state index is 0.396. The molecule has 72 valence electrons. The van der Waals surface area contributed by atoms with E-state index in [9.17, 15) is 0 Å². The molecule has 0 aliphatic heterocycles. The lowest BCUT2D eigenvalue weighted by atomic mass is 9.82. The molecule has 0 radical (unpaired) electrons. The second-order valence-corrected chi connectivity index (χ2v) is 4.39. The first kappa shape index (κ1) is 10.0. The Hall–Kier alpha value is -0.0800. The van der Waals surface area contributed by atoms with Crippen LogP contribution in [0.2, 0.25) is 0 Å². The molecule has 1 atom stereocenters. The Labute approximate surface area is 76.1 Å². The van der Waals surface area contributed by atoms with E-state index < -0.39 is 0 Å². The molecular weight excluding hydrogens is 148 g/mol. The summed E-state index contributed by atoms with van der Waals surface area (Å²) in [7, 11) is 4.35. The Bertz CT molecular complexity index is 108. The summed E-state index contributed by atoms with van der Waals surface area (Å²) >= 11 is 0. The lowest BCUT2D eigenvalue weighted by Crippen LogP contribution is -2.37. The highest BCUT2D eigenvalue weighted by molar-refractivity contribution is 4.80. The zero-order valence-corrected chi connectivity index (χ0v) is 8.59. The molecule has 0 aromatic rings. The van der Waals surface area contributed by atoms with E-state index in [1.54, 1.807) is 0 Å². The molecule has 0 aromatic carbocycles. The van der Waals surface area contributed by atoms with E-state index in [0.29, 0.717) is 6.04 Å². The molecule has 0 spiro atoms. The van der Waals surface area contributed by atoms with Crippen molar-refractivity contribution in [3.63, 3.8) is 0 Å². The van der Waals surface area contributed by atoms with Gasteiger partial charge in [0.1, 0.15) is 0 Å². The third-order valence-corrected chi connectivity index (χ3v) is 3.22. The van der Waals surface area contributed by atoms with Crippen molar-refractivity contribution in [2.75, 3.05) is 14.1 Å². The van der Waals surface area contributed by atoms with Gasteiger partial charge in [0.05, 0.1) is 0 Å². The van der Waals surface area contributed by atoms with Crippen molar-refractivity contribution in [3.8, 4) is 0 Å². The Kier molecular flexibility index (Phi) is 3.53. The van der Waals surface area contributed by atoms with Crippen molar-refractivity contribution < 1.29 is 0 Å². The predicted octanol–water partition coefficient (Wildman–Crippen LogP) is 1.45. The van der Waals surface area contributed by atoms with Crippen LogP contribution in [0.5, 0.6) is 0 Å². The van der Waals surface area contributed by atoms with Gasteiger partial charge in [-0.3, -0.25) is 0 Å². The molecule has 0 aromatic heterocycles. The maximum absolute atomic E-state index is 5.88. The highest BCUT2D eigenvalue weighted by Crippen LogP contribution is 2.27. The molecule has 1 unspecified atom stereocenters. The molecule has 2 heteroatoms. The maximum Gasteiger partial charge on any atom is 0.00893 e. The van der Waals surface area contributed by atoms with Gasteiger partial charge in [0.2, 0.25) is 0 Å². The van der Waals surface area contributed by atoms with Gasteiger partial charge in [0, 0.05) is 12.1 Å². The van der Waals surface area contributed by atoms with E-state index in [-0.39, 0.29) is 0 Å². The molecule has 1 aliphatic carbocycles. The summed E-state index contributed by atoms with van der Waals surface area (Å²) in [4.78, 5) is 2.34. The third kappa shape index (κ3) is 2.46. The van der Waals surface area contributed by atoms with Crippen LogP contribution >= 0.6 is 0 Å². The predicted molar refractivity (Wildman–Crippen MR) is 53.1 cm³/mol. The largest absolute Gasteiger partial charge is 0.328 e. The smallest absolute Gasteiger partial charge is 0.00893 e. The molecule has 2 N–H and O–H groups in total. The SMILES string of the molecule is CC(N)C1CCC(N(C)C)CC1. The maximum atomic E-state index is 5.88. The van der Waals surface area contributed by atoms with E-state index in [2.05, 4.69) is 25.9 Å². The highest BCUT2D eigenvalue weighted by Gasteiger charge is 2.24. The van der Waals surface area contributed by atoms with Gasteiger partial charge >= 0.3 is 0 Å². The van der Waals surface area contributed by atoms with Crippen LogP contribution in [0.3, 0.4) is 0 Å². The van der Waals surface area contributed by atoms with Crippen LogP contribution < -0.4 is 5.73 Å². The highest BCUT2D eigenvalue weighted by atomic mass is 15.1. The third-order valence-electron chi connectivity index (χ3n) is 3.22. The zero-order chi connectivity index (χ0) is 9.14. The fourth-order valence-corrected chi connectivity index (χ4v) is 2.14. The number of hydrogen-bond acceptors (Lipinski definition) is 2. The summed E-state index contributed by atoms with van der Waals surface area (Å²) in [5.41, 5.74) is 5.88. The first-order valence-electron chi connectivity index (χ1n) is 5.03. The van der Waals surface area contributed by atoms with Crippen LogP contribution in [0.15, 0.2) is 0 Å². The molecule has 0 bridgehead atoms. The quantitative estimate of drug-likeness (QED) is 0.679. The van der Waals surface area contributed by atoms with E-state index in [0.717, 1.165) is 12.0 Å². The lowest BCUT2D eigenvalue weighted by Gasteiger charge is -2.34. The average Bonchev–Trinajstić information content (AvgIpc) is 2.04. The van der Waals surface area contributed by atoms with Crippen molar-refractivity contribution in [2.45, 2.75) is 44.7 Å². The molecule has 0 saturated heterocycles. The minimum Gasteiger partial charge on any atom is -0.328 e. The van der Waals surface area contributed by atoms with Gasteiger partial charge in [-0.2, -0.15) is 0 Å². The molecule has 1 aliphatic rings. The van der Waals surface area contributed by atoms with Crippen molar-refractivity contribution >= 4 is 0 Å². The molecule has 1 rings (SSSR count). The van der Waals surface area contributed by atoms with Crippen molar-refractivity contribution in [3.05, 3.63) is 0 Å². The second kappa shape index (κ2) is 4.24. The minimum absolute atomic E-state index is 0.396. The summed E-state index contributed by atoms with van der Waals surface area (Å²) < 4.78 is 0. The summed E-state index contributed by atoms with van der Waals surface area (Å²) in [6.45, 7) is 2.14. The number of nitrogens with two attached hydrogens (primary N) is 1. The molecule has 0 amide bonds. The topological polar surface area (TPSA) is 29.3 Å². The van der Waals surface area contributed by atoms with Gasteiger partial charge < -0.3 is 10.6 Å². The molecule has 12 heavy (non-hydrogen) atoms. The van der Waals surface area contributed by atoms with E-state index in [4.69, 9.17) is 5.73 Å². The van der Waals surface area contributed by atoms with Crippen LogP contribution in [0.25, 0.3) is 0 Å². The van der Waals surface area contributed by atoms with E-state index >= 15 is 0 Å². The van der Waals surface area contributed by atoms with Crippen LogP contribution in [-0.4, -0.2) is 31.1 Å². The summed E-state index contributed by atoms with van der Waals surface area (Å²) in [5, 5.41) is 0. The van der Waals surface area contributed by atoms with Crippen LogP contribution in [0, 0.1) is 5.92 Å². The monoisotopic (exact) mass is 170 g/mol. The summed E-state index contributed by atoms with van der Waals surface area (Å²) in [5.74, 6) is 0.779. The summed E-state index contributed by atoms with van der Waals surface area (Å²) in [6.07, 6.45) is 5.30. The standard InChI is InChI=1S/C10H22N2/c1-8(11)9-4-6-10(7-5-9)12(2)3/h8-10H,4-7,11H2,1-3H3. The van der Waals surface area contributed by atoms with Crippen LogP contribution in [0.1, 0.15) is 32.6 Å². The normalized spacial score (nSPS) is 33.8. The molecule has 0 heterocycles. The Morgan fingerprint density at radius 3 is 2.00 bits per heavy atom. The summed E-state index contributed by atoms with van der Waals surface area (Å²) in [6, 6.07) is 1.20. The molecule has 1 saturated carbocycles. The first-order valence-corrected chi connectivity index (χ1v) is 5.03. The average molecular weight is 170 g/mol. The van der Waals surface area contributed by atoms with Gasteiger partial charge in [-0.15, -0.1) is 0 Å². The zero-order valence-electron chi connectivity index (χ0n) is 8.59. The van der Waals surface area contributed by atoms with Gasteiger partial charge in [0.15, 0.2) is 0 Å². The fourth-order valence-electron chi connectivity index (χ4n) is 2.14. The fraction of sp³-hybridized carbons (Fsp3) is 1.00. The molecule has 1 fully saturated rings. The Balaban J connectivity index is 2.30. The van der Waals surface area contributed by atoms with Crippen molar-refractivity contribution in [1.82, 2.24) is 4.90 Å².